The first-order valence-electron chi connectivity index (χ1n) is 7.15. The maximum Gasteiger partial charge on any atom is 0.196 e. The highest BCUT2D eigenvalue weighted by Gasteiger charge is 2.35. The fourth-order valence-corrected chi connectivity index (χ4v) is 3.13. The van der Waals surface area contributed by atoms with E-state index in [1.807, 2.05) is 33.8 Å². The fraction of sp³-hybridized carbons (Fsp3) is 0.222. The SMILES string of the molecule is Cc1ccc2c(c1C)C(=O)c1c(C)c(C)c(N)c(N)c1C2=O. The molecule has 0 unspecified atom stereocenters. The van der Waals surface area contributed by atoms with Crippen LogP contribution in [0.1, 0.15) is 54.1 Å². The lowest BCUT2D eigenvalue weighted by Crippen LogP contribution is -2.26. The normalized spacial score (nSPS) is 13.1. The maximum atomic E-state index is 13.0. The van der Waals surface area contributed by atoms with Gasteiger partial charge in [-0.3, -0.25) is 9.59 Å². The number of fused-ring (bicyclic) bond motifs is 2. The second kappa shape index (κ2) is 4.44. The van der Waals surface area contributed by atoms with Crippen LogP contribution in [-0.2, 0) is 0 Å². The van der Waals surface area contributed by atoms with Crippen LogP contribution < -0.4 is 11.5 Å². The van der Waals surface area contributed by atoms with Crippen LogP contribution >= 0.6 is 0 Å². The highest BCUT2D eigenvalue weighted by molar-refractivity contribution is 6.31. The van der Waals surface area contributed by atoms with Crippen molar-refractivity contribution in [3.05, 3.63) is 56.6 Å². The van der Waals surface area contributed by atoms with Crippen molar-refractivity contribution in [3.8, 4) is 0 Å². The van der Waals surface area contributed by atoms with E-state index < -0.39 is 0 Å². The van der Waals surface area contributed by atoms with Gasteiger partial charge in [0.05, 0.1) is 16.9 Å². The van der Waals surface area contributed by atoms with E-state index in [0.29, 0.717) is 22.4 Å². The Hall–Kier alpha value is -2.62. The van der Waals surface area contributed by atoms with Gasteiger partial charge < -0.3 is 11.5 Å². The van der Waals surface area contributed by atoms with Crippen molar-refractivity contribution in [2.24, 2.45) is 0 Å². The number of rotatable bonds is 0. The standard InChI is InChI=1S/C18H18N2O2/c1-7-5-6-11-12(8(7)2)18(22)13-9(3)10(4)15(19)16(20)14(13)17(11)21/h5-6H,19-20H2,1-4H3. The lowest BCUT2D eigenvalue weighted by molar-refractivity contribution is 0.0978. The first-order chi connectivity index (χ1) is 10.3. The number of ketones is 2. The highest BCUT2D eigenvalue weighted by atomic mass is 16.1. The van der Waals surface area contributed by atoms with Crippen LogP contribution in [0.25, 0.3) is 0 Å². The van der Waals surface area contributed by atoms with Gasteiger partial charge in [0.25, 0.3) is 0 Å². The number of benzene rings is 2. The van der Waals surface area contributed by atoms with Crippen molar-refractivity contribution in [3.63, 3.8) is 0 Å². The molecule has 0 amide bonds. The molecule has 0 saturated carbocycles. The molecule has 0 spiro atoms. The maximum absolute atomic E-state index is 13.0. The molecule has 1 aliphatic rings. The largest absolute Gasteiger partial charge is 0.397 e. The number of hydrogen-bond acceptors (Lipinski definition) is 4. The third kappa shape index (κ3) is 1.58. The minimum absolute atomic E-state index is 0.141. The molecule has 4 nitrogen and oxygen atoms in total. The molecule has 1 aliphatic carbocycles. The number of nitrogen functional groups attached to an aromatic ring is 2. The first kappa shape index (κ1) is 14.3. The molecule has 0 radical (unpaired) electrons. The van der Waals surface area contributed by atoms with E-state index in [0.717, 1.165) is 22.3 Å². The smallest absolute Gasteiger partial charge is 0.196 e. The second-order valence-corrected chi connectivity index (χ2v) is 5.92. The Morgan fingerprint density at radius 1 is 0.682 bits per heavy atom. The van der Waals surface area contributed by atoms with Crippen LogP contribution in [0, 0.1) is 27.7 Å². The van der Waals surface area contributed by atoms with E-state index in [9.17, 15) is 9.59 Å². The summed E-state index contributed by atoms with van der Waals surface area (Å²) in [5.41, 5.74) is 17.5. The Balaban J connectivity index is 2.47. The summed E-state index contributed by atoms with van der Waals surface area (Å²) >= 11 is 0. The molecule has 0 fully saturated rings. The number of anilines is 2. The molecule has 4 N–H and O–H groups in total. The molecule has 0 saturated heterocycles. The van der Waals surface area contributed by atoms with Gasteiger partial charge in [0.2, 0.25) is 0 Å². The summed E-state index contributed by atoms with van der Waals surface area (Å²) in [7, 11) is 0. The van der Waals surface area contributed by atoms with E-state index >= 15 is 0 Å². The molecule has 0 aromatic heterocycles. The fourth-order valence-electron chi connectivity index (χ4n) is 3.13. The molecule has 112 valence electrons. The molecule has 0 aliphatic heterocycles. The van der Waals surface area contributed by atoms with Gasteiger partial charge in [-0.15, -0.1) is 0 Å². The average Bonchev–Trinajstić information content (AvgIpc) is 2.49. The Kier molecular flexibility index (Phi) is 2.89. The van der Waals surface area contributed by atoms with E-state index in [1.165, 1.54) is 0 Å². The van der Waals surface area contributed by atoms with Crippen molar-refractivity contribution >= 4 is 22.9 Å². The average molecular weight is 294 g/mol. The number of aryl methyl sites for hydroxylation is 1. The number of hydrogen-bond donors (Lipinski definition) is 2. The number of carbonyl (C=O) groups excluding carboxylic acids is 2. The topological polar surface area (TPSA) is 86.2 Å². The molecule has 0 heterocycles. The molecular weight excluding hydrogens is 276 g/mol. The lowest BCUT2D eigenvalue weighted by atomic mass is 9.77. The Bertz CT molecular complexity index is 880. The molecule has 0 bridgehead atoms. The quantitative estimate of drug-likeness (QED) is 0.624. The summed E-state index contributed by atoms with van der Waals surface area (Å²) in [5.74, 6) is -0.363. The summed E-state index contributed by atoms with van der Waals surface area (Å²) in [6.45, 7) is 7.43. The second-order valence-electron chi connectivity index (χ2n) is 5.92. The zero-order chi connectivity index (χ0) is 16.3. The highest BCUT2D eigenvalue weighted by Crippen LogP contribution is 2.39. The van der Waals surface area contributed by atoms with Crippen LogP contribution in [0.15, 0.2) is 12.1 Å². The van der Waals surface area contributed by atoms with Crippen molar-refractivity contribution in [2.45, 2.75) is 27.7 Å². The van der Waals surface area contributed by atoms with Gasteiger partial charge in [-0.2, -0.15) is 0 Å². The zero-order valence-electron chi connectivity index (χ0n) is 13.1. The molecular formula is C18H18N2O2. The first-order valence-corrected chi connectivity index (χ1v) is 7.15. The Labute approximate surface area is 129 Å². The zero-order valence-corrected chi connectivity index (χ0v) is 13.1. The summed E-state index contributed by atoms with van der Waals surface area (Å²) in [6.07, 6.45) is 0. The van der Waals surface area contributed by atoms with Crippen molar-refractivity contribution < 1.29 is 9.59 Å². The summed E-state index contributed by atoms with van der Waals surface area (Å²) in [6, 6.07) is 3.55. The van der Waals surface area contributed by atoms with Crippen LogP contribution in [0.3, 0.4) is 0 Å². The van der Waals surface area contributed by atoms with Gasteiger partial charge in [0.15, 0.2) is 11.6 Å². The van der Waals surface area contributed by atoms with Gasteiger partial charge in [-0.1, -0.05) is 12.1 Å². The van der Waals surface area contributed by atoms with Crippen LogP contribution in [0.2, 0.25) is 0 Å². The summed E-state index contributed by atoms with van der Waals surface area (Å²) < 4.78 is 0. The van der Waals surface area contributed by atoms with Gasteiger partial charge in [-0.05, 0) is 49.9 Å². The molecule has 2 aromatic carbocycles. The van der Waals surface area contributed by atoms with Crippen LogP contribution in [-0.4, -0.2) is 11.6 Å². The predicted octanol–water partition coefficient (Wildman–Crippen LogP) is 2.86. The summed E-state index contributed by atoms with van der Waals surface area (Å²) in [5, 5.41) is 0. The van der Waals surface area contributed by atoms with Crippen molar-refractivity contribution in [1.82, 2.24) is 0 Å². The predicted molar refractivity (Wildman–Crippen MR) is 87.5 cm³/mol. The number of nitrogens with two attached hydrogens (primary N) is 2. The van der Waals surface area contributed by atoms with Crippen molar-refractivity contribution in [1.29, 1.82) is 0 Å². The molecule has 2 aromatic rings. The van der Waals surface area contributed by atoms with E-state index in [2.05, 4.69) is 0 Å². The molecule has 4 heteroatoms. The Morgan fingerprint density at radius 2 is 1.32 bits per heavy atom. The monoisotopic (exact) mass is 294 g/mol. The minimum atomic E-state index is -0.222. The molecule has 0 atom stereocenters. The van der Waals surface area contributed by atoms with Gasteiger partial charge in [-0.25, -0.2) is 0 Å². The van der Waals surface area contributed by atoms with Gasteiger partial charge >= 0.3 is 0 Å². The number of carbonyl (C=O) groups is 2. The third-order valence-electron chi connectivity index (χ3n) is 4.81. The van der Waals surface area contributed by atoms with E-state index in [1.54, 1.807) is 6.07 Å². The third-order valence-corrected chi connectivity index (χ3v) is 4.81. The minimum Gasteiger partial charge on any atom is -0.397 e. The van der Waals surface area contributed by atoms with Crippen molar-refractivity contribution in [2.75, 3.05) is 11.5 Å². The molecule has 3 rings (SSSR count). The van der Waals surface area contributed by atoms with Gasteiger partial charge in [0, 0.05) is 16.7 Å². The van der Waals surface area contributed by atoms with E-state index in [4.69, 9.17) is 11.5 Å². The van der Waals surface area contributed by atoms with Crippen LogP contribution in [0.4, 0.5) is 11.4 Å². The van der Waals surface area contributed by atoms with Crippen LogP contribution in [0.5, 0.6) is 0 Å². The summed E-state index contributed by atoms with van der Waals surface area (Å²) in [4.78, 5) is 25.9. The lowest BCUT2D eigenvalue weighted by Gasteiger charge is -2.25. The molecule has 22 heavy (non-hydrogen) atoms. The van der Waals surface area contributed by atoms with E-state index in [-0.39, 0.29) is 22.8 Å². The Morgan fingerprint density at radius 3 is 1.95 bits per heavy atom. The van der Waals surface area contributed by atoms with Gasteiger partial charge in [0.1, 0.15) is 0 Å².